The van der Waals surface area contributed by atoms with E-state index in [4.69, 9.17) is 4.98 Å². The van der Waals surface area contributed by atoms with E-state index in [0.29, 0.717) is 31.7 Å². The van der Waals surface area contributed by atoms with Crippen LogP contribution in [0.4, 0.5) is 17.5 Å². The van der Waals surface area contributed by atoms with Crippen molar-refractivity contribution >= 4 is 23.4 Å². The second kappa shape index (κ2) is 8.42. The lowest BCUT2D eigenvalue weighted by atomic mass is 10.1. The third-order valence-corrected chi connectivity index (χ3v) is 5.46. The van der Waals surface area contributed by atoms with E-state index < -0.39 is 4.92 Å². The molecule has 0 aliphatic carbocycles. The van der Waals surface area contributed by atoms with Crippen LogP contribution in [0.15, 0.2) is 36.5 Å². The predicted molar refractivity (Wildman–Crippen MR) is 109 cm³/mol. The Kier molecular flexibility index (Phi) is 5.55. The van der Waals surface area contributed by atoms with Crippen molar-refractivity contribution in [1.82, 2.24) is 14.9 Å². The summed E-state index contributed by atoms with van der Waals surface area (Å²) in [6, 6.07) is 7.81. The normalized spacial score (nSPS) is 17.3. The van der Waals surface area contributed by atoms with Crippen LogP contribution in [-0.2, 0) is 0 Å². The molecule has 1 aromatic carbocycles. The van der Waals surface area contributed by atoms with E-state index in [-0.39, 0.29) is 11.6 Å². The highest BCUT2D eigenvalue weighted by atomic mass is 16.6. The van der Waals surface area contributed by atoms with E-state index in [1.54, 1.807) is 23.2 Å². The molecule has 0 spiro atoms. The van der Waals surface area contributed by atoms with Crippen LogP contribution in [0.25, 0.3) is 0 Å². The molecule has 1 aromatic heterocycles. The molecule has 0 N–H and O–H groups in total. The molecule has 9 heteroatoms. The van der Waals surface area contributed by atoms with E-state index in [0.717, 1.165) is 24.9 Å². The predicted octanol–water partition coefficient (Wildman–Crippen LogP) is 2.34. The fraction of sp³-hybridized carbons (Fsp3) is 0.450. The summed E-state index contributed by atoms with van der Waals surface area (Å²) in [5, 5.41) is 11.0. The van der Waals surface area contributed by atoms with Gasteiger partial charge < -0.3 is 14.7 Å². The van der Waals surface area contributed by atoms with Gasteiger partial charge in [0.25, 0.3) is 11.6 Å². The zero-order valence-electron chi connectivity index (χ0n) is 16.2. The van der Waals surface area contributed by atoms with E-state index >= 15 is 0 Å². The Morgan fingerprint density at radius 2 is 1.72 bits per heavy atom. The fourth-order valence-electron chi connectivity index (χ4n) is 3.84. The van der Waals surface area contributed by atoms with Crippen LogP contribution < -0.4 is 9.80 Å². The molecule has 3 heterocycles. The van der Waals surface area contributed by atoms with Crippen LogP contribution in [0, 0.1) is 10.1 Å². The third kappa shape index (κ3) is 4.28. The average Bonchev–Trinajstić information content (AvgIpc) is 2.79. The van der Waals surface area contributed by atoms with Crippen LogP contribution in [0.3, 0.4) is 0 Å². The lowest BCUT2D eigenvalue weighted by molar-refractivity contribution is -0.384. The lowest BCUT2D eigenvalue weighted by Crippen LogP contribution is -2.49. The number of nitrogens with zero attached hydrogens (tertiary/aromatic N) is 6. The Balaban J connectivity index is 1.40. The highest BCUT2D eigenvalue weighted by Crippen LogP contribution is 2.21. The minimum atomic E-state index is -0.482. The maximum atomic E-state index is 12.7. The number of nitro benzene ring substituents is 1. The number of nitro groups is 1. The number of benzene rings is 1. The number of aromatic nitrogens is 2. The molecule has 0 radical (unpaired) electrons. The summed E-state index contributed by atoms with van der Waals surface area (Å²) < 4.78 is 0. The number of hydrogen-bond acceptors (Lipinski definition) is 7. The molecule has 9 nitrogen and oxygen atoms in total. The molecular weight excluding hydrogens is 372 g/mol. The Morgan fingerprint density at radius 1 is 0.966 bits per heavy atom. The standard InChI is InChI=1S/C20H24N6O3/c27-19(16-5-4-6-17(15-16)26(28)29)24-13-11-23(12-14-24)18-7-8-21-20(22-18)25-9-2-1-3-10-25/h4-8,15H,1-3,9-14H2. The summed E-state index contributed by atoms with van der Waals surface area (Å²) in [6.07, 6.45) is 5.40. The van der Waals surface area contributed by atoms with E-state index in [2.05, 4.69) is 14.8 Å². The fourth-order valence-corrected chi connectivity index (χ4v) is 3.84. The topological polar surface area (TPSA) is 95.7 Å². The van der Waals surface area contributed by atoms with Gasteiger partial charge in [-0.1, -0.05) is 6.07 Å². The second-order valence-corrected chi connectivity index (χ2v) is 7.35. The summed E-state index contributed by atoms with van der Waals surface area (Å²) in [5.74, 6) is 1.48. The van der Waals surface area contributed by atoms with Gasteiger partial charge in [-0.15, -0.1) is 0 Å². The van der Waals surface area contributed by atoms with Gasteiger partial charge in [0, 0.05) is 63.2 Å². The number of amides is 1. The summed E-state index contributed by atoms with van der Waals surface area (Å²) >= 11 is 0. The quantitative estimate of drug-likeness (QED) is 0.578. The Labute approximate surface area is 169 Å². The van der Waals surface area contributed by atoms with Crippen molar-refractivity contribution in [2.75, 3.05) is 49.1 Å². The first kappa shape index (κ1) is 19.1. The maximum Gasteiger partial charge on any atom is 0.270 e. The van der Waals surface area contributed by atoms with Crippen molar-refractivity contribution in [1.29, 1.82) is 0 Å². The molecule has 4 rings (SSSR count). The van der Waals surface area contributed by atoms with Gasteiger partial charge in [0.2, 0.25) is 5.95 Å². The molecule has 2 aromatic rings. The van der Waals surface area contributed by atoms with Crippen molar-refractivity contribution in [3.05, 3.63) is 52.2 Å². The molecule has 152 valence electrons. The monoisotopic (exact) mass is 396 g/mol. The molecule has 2 saturated heterocycles. The Bertz CT molecular complexity index is 891. The number of anilines is 2. The zero-order valence-corrected chi connectivity index (χ0v) is 16.2. The summed E-state index contributed by atoms with van der Waals surface area (Å²) in [4.78, 5) is 38.5. The van der Waals surface area contributed by atoms with Gasteiger partial charge in [0.1, 0.15) is 5.82 Å². The highest BCUT2D eigenvalue weighted by molar-refractivity contribution is 5.95. The third-order valence-electron chi connectivity index (χ3n) is 5.46. The van der Waals surface area contributed by atoms with Gasteiger partial charge in [-0.05, 0) is 31.4 Å². The van der Waals surface area contributed by atoms with Gasteiger partial charge in [0.15, 0.2) is 0 Å². The summed E-state index contributed by atoms with van der Waals surface area (Å²) in [7, 11) is 0. The number of piperidine rings is 1. The van der Waals surface area contributed by atoms with Crippen LogP contribution in [0.5, 0.6) is 0 Å². The van der Waals surface area contributed by atoms with E-state index in [9.17, 15) is 14.9 Å². The van der Waals surface area contributed by atoms with Gasteiger partial charge in [-0.3, -0.25) is 14.9 Å². The molecule has 0 bridgehead atoms. The van der Waals surface area contributed by atoms with Gasteiger partial charge >= 0.3 is 0 Å². The maximum absolute atomic E-state index is 12.7. The summed E-state index contributed by atoms with van der Waals surface area (Å²) in [6.45, 7) is 4.41. The number of piperazine rings is 1. The first-order chi connectivity index (χ1) is 14.1. The highest BCUT2D eigenvalue weighted by Gasteiger charge is 2.24. The van der Waals surface area contributed by atoms with Crippen LogP contribution in [0.2, 0.25) is 0 Å². The number of carbonyl (C=O) groups is 1. The van der Waals surface area contributed by atoms with Crippen molar-refractivity contribution < 1.29 is 9.72 Å². The number of carbonyl (C=O) groups excluding carboxylic acids is 1. The van der Waals surface area contributed by atoms with Gasteiger partial charge in [-0.2, -0.15) is 4.98 Å². The molecule has 0 saturated carbocycles. The smallest absolute Gasteiger partial charge is 0.270 e. The minimum Gasteiger partial charge on any atom is -0.353 e. The molecule has 2 aliphatic rings. The summed E-state index contributed by atoms with van der Waals surface area (Å²) in [5.41, 5.74) is 0.280. The van der Waals surface area contributed by atoms with Crippen LogP contribution in [0.1, 0.15) is 29.6 Å². The molecule has 2 aliphatic heterocycles. The molecule has 0 atom stereocenters. The van der Waals surface area contributed by atoms with E-state index in [1.165, 1.54) is 31.4 Å². The molecule has 2 fully saturated rings. The Morgan fingerprint density at radius 3 is 2.45 bits per heavy atom. The van der Waals surface area contributed by atoms with Crippen molar-refractivity contribution in [3.63, 3.8) is 0 Å². The minimum absolute atomic E-state index is 0.0688. The number of non-ortho nitro benzene ring substituents is 1. The van der Waals surface area contributed by atoms with Gasteiger partial charge in [-0.25, -0.2) is 4.98 Å². The molecular formula is C20H24N6O3. The largest absolute Gasteiger partial charge is 0.353 e. The molecule has 0 unspecified atom stereocenters. The zero-order chi connectivity index (χ0) is 20.2. The number of hydrogen-bond donors (Lipinski definition) is 0. The molecule has 1 amide bonds. The SMILES string of the molecule is O=C(c1cccc([N+](=O)[O-])c1)N1CCN(c2ccnc(N3CCCCC3)n2)CC1. The Hall–Kier alpha value is -3.23. The van der Waals surface area contributed by atoms with Crippen molar-refractivity contribution in [3.8, 4) is 0 Å². The molecule has 29 heavy (non-hydrogen) atoms. The number of rotatable bonds is 4. The first-order valence-electron chi connectivity index (χ1n) is 9.98. The van der Waals surface area contributed by atoms with Gasteiger partial charge in [0.05, 0.1) is 4.92 Å². The average molecular weight is 396 g/mol. The second-order valence-electron chi connectivity index (χ2n) is 7.35. The van der Waals surface area contributed by atoms with Crippen molar-refractivity contribution in [2.24, 2.45) is 0 Å². The van der Waals surface area contributed by atoms with Crippen molar-refractivity contribution in [2.45, 2.75) is 19.3 Å². The lowest BCUT2D eigenvalue weighted by Gasteiger charge is -2.36. The van der Waals surface area contributed by atoms with Crippen LogP contribution in [-0.4, -0.2) is 65.0 Å². The first-order valence-corrected chi connectivity index (χ1v) is 9.98. The van der Waals surface area contributed by atoms with E-state index in [1.807, 2.05) is 6.07 Å². The van der Waals surface area contributed by atoms with Crippen LogP contribution >= 0.6 is 0 Å².